The summed E-state index contributed by atoms with van der Waals surface area (Å²) in [6.07, 6.45) is 2.86. The second-order valence-electron chi connectivity index (χ2n) is 5.69. The Kier molecular flexibility index (Phi) is 4.97. The molecule has 0 spiro atoms. The number of rotatable bonds is 5. The van der Waals surface area contributed by atoms with Crippen LogP contribution in [0.5, 0.6) is 5.75 Å². The fourth-order valence-electron chi connectivity index (χ4n) is 2.70. The number of amides is 1. The lowest BCUT2D eigenvalue weighted by Gasteiger charge is -2.21. The first-order chi connectivity index (χ1) is 12.5. The van der Waals surface area contributed by atoms with Gasteiger partial charge in [0.05, 0.1) is 7.11 Å². The number of hydrogen-bond donors (Lipinski definition) is 0. The van der Waals surface area contributed by atoms with Crippen LogP contribution in [0.4, 0.5) is 4.39 Å². The molecule has 0 saturated heterocycles. The Balaban J connectivity index is 1.91. The maximum Gasteiger partial charge on any atom is 0.270 e. The number of benzene rings is 1. The third kappa shape index (κ3) is 3.28. The van der Waals surface area contributed by atoms with Crippen molar-refractivity contribution in [3.8, 4) is 5.75 Å². The smallest absolute Gasteiger partial charge is 0.270 e. The highest BCUT2D eigenvalue weighted by atomic mass is 19.1. The molecule has 26 heavy (non-hydrogen) atoms. The lowest BCUT2D eigenvalue weighted by atomic mass is 10.1. The van der Waals surface area contributed by atoms with Crippen LogP contribution < -0.4 is 10.3 Å². The van der Waals surface area contributed by atoms with Crippen LogP contribution in [-0.2, 0) is 6.54 Å². The third-order valence-electron chi connectivity index (χ3n) is 4.10. The standard InChI is InChI=1S/C19H18FN3O3/c1-3-22(12-13-7-8-16(26-2)15(20)10-13)18(24)14-11-21-17-6-4-5-9-23(17)19(14)25/h4-11H,3,12H2,1-2H3. The van der Waals surface area contributed by atoms with E-state index in [-0.39, 0.29) is 17.9 Å². The average molecular weight is 355 g/mol. The summed E-state index contributed by atoms with van der Waals surface area (Å²) in [7, 11) is 1.39. The number of nitrogens with zero attached hydrogens (tertiary/aromatic N) is 3. The van der Waals surface area contributed by atoms with Crippen molar-refractivity contribution in [3.63, 3.8) is 0 Å². The first-order valence-electron chi connectivity index (χ1n) is 8.13. The van der Waals surface area contributed by atoms with E-state index in [0.717, 1.165) is 0 Å². The van der Waals surface area contributed by atoms with Gasteiger partial charge in [-0.2, -0.15) is 0 Å². The molecule has 6 nitrogen and oxygen atoms in total. The van der Waals surface area contributed by atoms with Gasteiger partial charge in [-0.3, -0.25) is 14.0 Å². The van der Waals surface area contributed by atoms with Crippen molar-refractivity contribution < 1.29 is 13.9 Å². The Labute approximate surface area is 149 Å². The molecule has 0 aliphatic heterocycles. The number of fused-ring (bicyclic) bond motifs is 1. The number of aromatic nitrogens is 2. The summed E-state index contributed by atoms with van der Waals surface area (Å²) in [5.41, 5.74) is 0.617. The SMILES string of the molecule is CCN(Cc1ccc(OC)c(F)c1)C(=O)c1cnc2ccccn2c1=O. The van der Waals surface area contributed by atoms with Crippen LogP contribution in [0.1, 0.15) is 22.8 Å². The first-order valence-corrected chi connectivity index (χ1v) is 8.13. The van der Waals surface area contributed by atoms with Gasteiger partial charge in [0.25, 0.3) is 11.5 Å². The van der Waals surface area contributed by atoms with Gasteiger partial charge < -0.3 is 9.64 Å². The van der Waals surface area contributed by atoms with E-state index in [9.17, 15) is 14.0 Å². The van der Waals surface area contributed by atoms with E-state index in [0.29, 0.717) is 17.8 Å². The zero-order valence-corrected chi connectivity index (χ0v) is 14.5. The molecule has 0 fully saturated rings. The Morgan fingerprint density at radius 1 is 1.31 bits per heavy atom. The first kappa shape index (κ1) is 17.6. The van der Waals surface area contributed by atoms with E-state index in [1.807, 2.05) is 0 Å². The minimum Gasteiger partial charge on any atom is -0.494 e. The van der Waals surface area contributed by atoms with Crippen molar-refractivity contribution in [2.24, 2.45) is 0 Å². The summed E-state index contributed by atoms with van der Waals surface area (Å²) >= 11 is 0. The van der Waals surface area contributed by atoms with Gasteiger partial charge in [-0.25, -0.2) is 9.37 Å². The molecule has 2 aromatic heterocycles. The third-order valence-corrected chi connectivity index (χ3v) is 4.10. The number of ether oxygens (including phenoxy) is 1. The number of methoxy groups -OCH3 is 1. The fraction of sp³-hybridized carbons (Fsp3) is 0.211. The van der Waals surface area contributed by atoms with Crippen LogP contribution >= 0.6 is 0 Å². The van der Waals surface area contributed by atoms with Crippen LogP contribution in [0, 0.1) is 5.82 Å². The lowest BCUT2D eigenvalue weighted by Crippen LogP contribution is -2.35. The molecule has 2 heterocycles. The van der Waals surface area contributed by atoms with Crippen molar-refractivity contribution in [3.05, 3.63) is 76.1 Å². The summed E-state index contributed by atoms with van der Waals surface area (Å²) in [6.45, 7) is 2.33. The summed E-state index contributed by atoms with van der Waals surface area (Å²) in [5.74, 6) is -0.805. The molecule has 0 aliphatic carbocycles. The molecule has 1 aromatic carbocycles. The lowest BCUT2D eigenvalue weighted by molar-refractivity contribution is 0.0750. The monoisotopic (exact) mass is 355 g/mol. The highest BCUT2D eigenvalue weighted by Gasteiger charge is 2.20. The largest absolute Gasteiger partial charge is 0.494 e. The molecular formula is C19H18FN3O3. The van der Waals surface area contributed by atoms with Gasteiger partial charge in [0.15, 0.2) is 11.6 Å². The summed E-state index contributed by atoms with van der Waals surface area (Å²) in [6, 6.07) is 9.66. The summed E-state index contributed by atoms with van der Waals surface area (Å²) in [5, 5.41) is 0. The molecule has 0 unspecified atom stereocenters. The van der Waals surface area contributed by atoms with Gasteiger partial charge in [-0.05, 0) is 36.8 Å². The number of pyridine rings is 1. The molecule has 7 heteroatoms. The molecule has 3 rings (SSSR count). The molecule has 134 valence electrons. The highest BCUT2D eigenvalue weighted by Crippen LogP contribution is 2.19. The van der Waals surface area contributed by atoms with Crippen molar-refractivity contribution in [2.45, 2.75) is 13.5 Å². The van der Waals surface area contributed by atoms with Crippen LogP contribution in [-0.4, -0.2) is 33.8 Å². The van der Waals surface area contributed by atoms with Crippen LogP contribution in [0.15, 0.2) is 53.6 Å². The second-order valence-corrected chi connectivity index (χ2v) is 5.69. The zero-order chi connectivity index (χ0) is 18.7. The van der Waals surface area contributed by atoms with E-state index in [4.69, 9.17) is 4.74 Å². The number of hydrogen-bond acceptors (Lipinski definition) is 4. The Morgan fingerprint density at radius 2 is 2.12 bits per heavy atom. The second kappa shape index (κ2) is 7.35. The molecule has 0 radical (unpaired) electrons. The van der Waals surface area contributed by atoms with Crippen molar-refractivity contribution in [1.82, 2.24) is 14.3 Å². The Morgan fingerprint density at radius 3 is 2.81 bits per heavy atom. The van der Waals surface area contributed by atoms with Gasteiger partial charge in [-0.1, -0.05) is 12.1 Å². The fourth-order valence-corrected chi connectivity index (χ4v) is 2.70. The van der Waals surface area contributed by atoms with Crippen molar-refractivity contribution >= 4 is 11.6 Å². The Hall–Kier alpha value is -3.22. The topological polar surface area (TPSA) is 63.9 Å². The zero-order valence-electron chi connectivity index (χ0n) is 14.5. The van der Waals surface area contributed by atoms with Gasteiger partial charge >= 0.3 is 0 Å². The van der Waals surface area contributed by atoms with Gasteiger partial charge in [-0.15, -0.1) is 0 Å². The summed E-state index contributed by atoms with van der Waals surface area (Å²) < 4.78 is 20.1. The minimum absolute atomic E-state index is 0.0236. The average Bonchev–Trinajstić information content (AvgIpc) is 2.66. The molecule has 0 atom stereocenters. The van der Waals surface area contributed by atoms with E-state index in [1.165, 1.54) is 34.7 Å². The Bertz CT molecular complexity index is 1020. The van der Waals surface area contributed by atoms with Crippen molar-refractivity contribution in [1.29, 1.82) is 0 Å². The molecule has 0 N–H and O–H groups in total. The molecule has 1 amide bonds. The molecule has 3 aromatic rings. The van der Waals surface area contributed by atoms with Crippen LogP contribution in [0.3, 0.4) is 0 Å². The van der Waals surface area contributed by atoms with Gasteiger partial charge in [0.1, 0.15) is 11.2 Å². The van der Waals surface area contributed by atoms with Crippen LogP contribution in [0.25, 0.3) is 5.65 Å². The predicted octanol–water partition coefficient (Wildman–Crippen LogP) is 2.50. The van der Waals surface area contributed by atoms with E-state index < -0.39 is 17.3 Å². The van der Waals surface area contributed by atoms with E-state index in [1.54, 1.807) is 37.4 Å². The maximum atomic E-state index is 13.9. The number of carbonyl (C=O) groups is 1. The van der Waals surface area contributed by atoms with Crippen molar-refractivity contribution in [2.75, 3.05) is 13.7 Å². The normalized spacial score (nSPS) is 10.7. The molecule has 0 aliphatic rings. The van der Waals surface area contributed by atoms with Gasteiger partial charge in [0, 0.05) is 25.5 Å². The number of halogens is 1. The molecule has 0 saturated carbocycles. The van der Waals surface area contributed by atoms with Crippen LogP contribution in [0.2, 0.25) is 0 Å². The molecule has 0 bridgehead atoms. The number of carbonyl (C=O) groups excluding carboxylic acids is 1. The van der Waals surface area contributed by atoms with Gasteiger partial charge in [0.2, 0.25) is 0 Å². The molecular weight excluding hydrogens is 337 g/mol. The quantitative estimate of drug-likeness (QED) is 0.705. The maximum absolute atomic E-state index is 13.9. The predicted molar refractivity (Wildman–Crippen MR) is 94.8 cm³/mol. The van der Waals surface area contributed by atoms with E-state index >= 15 is 0 Å². The highest BCUT2D eigenvalue weighted by molar-refractivity contribution is 5.93. The summed E-state index contributed by atoms with van der Waals surface area (Å²) in [4.78, 5) is 31.0. The minimum atomic E-state index is -0.499. The van der Waals surface area contributed by atoms with E-state index in [2.05, 4.69) is 4.98 Å².